The van der Waals surface area contributed by atoms with Crippen molar-refractivity contribution in [2.75, 3.05) is 0 Å². The summed E-state index contributed by atoms with van der Waals surface area (Å²) in [5, 5.41) is 0. The summed E-state index contributed by atoms with van der Waals surface area (Å²) in [6.07, 6.45) is 7.45. The van der Waals surface area contributed by atoms with Crippen LogP contribution < -0.4 is 0 Å². The maximum Gasteiger partial charge on any atom is -0.0326 e. The standard InChI is InChI=1S/C9H18.C2H6/c1-4-6-8-9(3)7-5-2;1-2/h8H,4-7H2,1-3H3;1-2H3/b9-8-;. The quantitative estimate of drug-likeness (QED) is 0.523. The first-order valence-corrected chi connectivity index (χ1v) is 4.96. The Morgan fingerprint density at radius 3 is 2.00 bits per heavy atom. The average Bonchev–Trinajstić information content (AvgIpc) is 2.05. The molecule has 0 aromatic heterocycles. The van der Waals surface area contributed by atoms with Gasteiger partial charge in [0.25, 0.3) is 0 Å². The molecule has 0 N–H and O–H groups in total. The SMILES string of the molecule is CC.CCC/C=C(/C)CCC. The second kappa shape index (κ2) is 12.4. The highest BCUT2D eigenvalue weighted by Crippen LogP contribution is 2.04. The van der Waals surface area contributed by atoms with Crippen LogP contribution in [0.1, 0.15) is 60.3 Å². The molecular formula is C11H24. The molecule has 0 saturated heterocycles. The molecule has 0 fully saturated rings. The van der Waals surface area contributed by atoms with Gasteiger partial charge in [0.15, 0.2) is 0 Å². The van der Waals surface area contributed by atoms with Gasteiger partial charge in [0, 0.05) is 0 Å². The van der Waals surface area contributed by atoms with E-state index in [1.807, 2.05) is 13.8 Å². The van der Waals surface area contributed by atoms with Gasteiger partial charge in [-0.05, 0) is 19.8 Å². The van der Waals surface area contributed by atoms with Gasteiger partial charge in [-0.2, -0.15) is 0 Å². The minimum atomic E-state index is 1.26. The molecule has 0 saturated carbocycles. The van der Waals surface area contributed by atoms with Gasteiger partial charge in [-0.25, -0.2) is 0 Å². The van der Waals surface area contributed by atoms with Crippen LogP contribution in [0.4, 0.5) is 0 Å². The van der Waals surface area contributed by atoms with E-state index in [1.54, 1.807) is 5.57 Å². The van der Waals surface area contributed by atoms with Crippen LogP contribution in [0.5, 0.6) is 0 Å². The van der Waals surface area contributed by atoms with E-state index in [1.165, 1.54) is 25.7 Å². The van der Waals surface area contributed by atoms with E-state index in [-0.39, 0.29) is 0 Å². The highest BCUT2D eigenvalue weighted by Gasteiger charge is 1.84. The largest absolute Gasteiger partial charge is 0.0856 e. The van der Waals surface area contributed by atoms with Crippen molar-refractivity contribution in [1.82, 2.24) is 0 Å². The summed E-state index contributed by atoms with van der Waals surface area (Å²) < 4.78 is 0. The highest BCUT2D eigenvalue weighted by atomic mass is 13.9. The van der Waals surface area contributed by atoms with Crippen LogP contribution in [-0.4, -0.2) is 0 Å². The fourth-order valence-corrected chi connectivity index (χ4v) is 0.887. The van der Waals surface area contributed by atoms with E-state index >= 15 is 0 Å². The van der Waals surface area contributed by atoms with Crippen molar-refractivity contribution in [2.45, 2.75) is 60.3 Å². The molecule has 0 heteroatoms. The maximum atomic E-state index is 2.35. The van der Waals surface area contributed by atoms with Crippen molar-refractivity contribution in [2.24, 2.45) is 0 Å². The molecule has 0 radical (unpaired) electrons. The van der Waals surface area contributed by atoms with Gasteiger partial charge >= 0.3 is 0 Å². The summed E-state index contributed by atoms with van der Waals surface area (Å²) in [4.78, 5) is 0. The lowest BCUT2D eigenvalue weighted by Crippen LogP contribution is -1.74. The Kier molecular flexibility index (Phi) is 15.1. The molecule has 0 rings (SSSR count). The van der Waals surface area contributed by atoms with Crippen LogP contribution in [0.25, 0.3) is 0 Å². The normalized spacial score (nSPS) is 10.5. The Morgan fingerprint density at radius 1 is 1.09 bits per heavy atom. The zero-order valence-corrected chi connectivity index (χ0v) is 8.91. The maximum absolute atomic E-state index is 2.35. The van der Waals surface area contributed by atoms with Crippen LogP contribution in [0.3, 0.4) is 0 Å². The highest BCUT2D eigenvalue weighted by molar-refractivity contribution is 4.96. The molecule has 0 bridgehead atoms. The van der Waals surface area contributed by atoms with Crippen molar-refractivity contribution in [3.63, 3.8) is 0 Å². The lowest BCUT2D eigenvalue weighted by molar-refractivity contribution is 0.876. The third kappa shape index (κ3) is 12.8. The van der Waals surface area contributed by atoms with Crippen LogP contribution in [0, 0.1) is 0 Å². The molecule has 0 aromatic carbocycles. The summed E-state index contributed by atoms with van der Waals surface area (Å²) in [6, 6.07) is 0. The van der Waals surface area contributed by atoms with E-state index in [0.29, 0.717) is 0 Å². The Morgan fingerprint density at radius 2 is 1.64 bits per heavy atom. The van der Waals surface area contributed by atoms with Gasteiger partial charge < -0.3 is 0 Å². The van der Waals surface area contributed by atoms with Gasteiger partial charge in [-0.3, -0.25) is 0 Å². The Labute approximate surface area is 72.7 Å². The van der Waals surface area contributed by atoms with E-state index in [9.17, 15) is 0 Å². The first kappa shape index (κ1) is 13.3. The molecule has 11 heavy (non-hydrogen) atoms. The van der Waals surface area contributed by atoms with E-state index < -0.39 is 0 Å². The summed E-state index contributed by atoms with van der Waals surface area (Å²) in [5.74, 6) is 0. The van der Waals surface area contributed by atoms with Crippen molar-refractivity contribution < 1.29 is 0 Å². The molecule has 0 heterocycles. The molecule has 68 valence electrons. The predicted molar refractivity (Wildman–Crippen MR) is 54.9 cm³/mol. The summed E-state index contributed by atoms with van der Waals surface area (Å²) in [6.45, 7) is 10.7. The lowest BCUT2D eigenvalue weighted by Gasteiger charge is -1.94. The van der Waals surface area contributed by atoms with Crippen molar-refractivity contribution in [3.8, 4) is 0 Å². The molecule has 0 amide bonds. The van der Waals surface area contributed by atoms with Crippen LogP contribution in [-0.2, 0) is 0 Å². The van der Waals surface area contributed by atoms with E-state index in [4.69, 9.17) is 0 Å². The third-order valence-electron chi connectivity index (χ3n) is 1.43. The summed E-state index contributed by atoms with van der Waals surface area (Å²) in [7, 11) is 0. The Hall–Kier alpha value is -0.260. The number of hydrogen-bond donors (Lipinski definition) is 0. The van der Waals surface area contributed by atoms with Crippen molar-refractivity contribution in [3.05, 3.63) is 11.6 Å². The van der Waals surface area contributed by atoms with Crippen LogP contribution >= 0.6 is 0 Å². The smallest absolute Gasteiger partial charge is 0.0326 e. The number of allylic oxidation sites excluding steroid dienone is 2. The monoisotopic (exact) mass is 156 g/mol. The van der Waals surface area contributed by atoms with Crippen LogP contribution in [0.15, 0.2) is 11.6 Å². The molecule has 0 aliphatic heterocycles. The van der Waals surface area contributed by atoms with Gasteiger partial charge in [-0.1, -0.05) is 52.2 Å². The van der Waals surface area contributed by atoms with Gasteiger partial charge in [0.1, 0.15) is 0 Å². The number of unbranched alkanes of at least 4 members (excludes halogenated alkanes) is 1. The van der Waals surface area contributed by atoms with Crippen molar-refractivity contribution in [1.29, 1.82) is 0 Å². The van der Waals surface area contributed by atoms with Gasteiger partial charge in [-0.15, -0.1) is 0 Å². The molecule has 0 aromatic rings. The third-order valence-corrected chi connectivity index (χ3v) is 1.43. The number of rotatable bonds is 4. The van der Waals surface area contributed by atoms with E-state index in [0.717, 1.165) is 0 Å². The molecule has 0 aliphatic carbocycles. The summed E-state index contributed by atoms with van der Waals surface area (Å²) in [5.41, 5.74) is 1.55. The predicted octanol–water partition coefficient (Wildman–Crippen LogP) is 4.56. The lowest BCUT2D eigenvalue weighted by atomic mass is 10.1. The minimum absolute atomic E-state index is 1.26. The summed E-state index contributed by atoms with van der Waals surface area (Å²) >= 11 is 0. The first-order chi connectivity index (χ1) is 5.31. The molecule has 0 unspecified atom stereocenters. The van der Waals surface area contributed by atoms with Gasteiger partial charge in [0.05, 0.1) is 0 Å². The molecule has 0 atom stereocenters. The second-order valence-electron chi connectivity index (χ2n) is 2.59. The second-order valence-corrected chi connectivity index (χ2v) is 2.59. The minimum Gasteiger partial charge on any atom is -0.0856 e. The topological polar surface area (TPSA) is 0 Å². The zero-order valence-electron chi connectivity index (χ0n) is 8.91. The average molecular weight is 156 g/mol. The Bertz CT molecular complexity index is 80.0. The fourth-order valence-electron chi connectivity index (χ4n) is 0.887. The first-order valence-electron chi connectivity index (χ1n) is 4.96. The zero-order chi connectivity index (χ0) is 9.11. The Balaban J connectivity index is 0. The van der Waals surface area contributed by atoms with Gasteiger partial charge in [0.2, 0.25) is 0 Å². The molecular weight excluding hydrogens is 132 g/mol. The fraction of sp³-hybridized carbons (Fsp3) is 0.818. The molecule has 0 spiro atoms. The molecule has 0 aliphatic rings. The number of hydrogen-bond acceptors (Lipinski definition) is 0. The van der Waals surface area contributed by atoms with E-state index in [2.05, 4.69) is 26.8 Å². The van der Waals surface area contributed by atoms with Crippen molar-refractivity contribution >= 4 is 0 Å². The molecule has 0 nitrogen and oxygen atoms in total. The van der Waals surface area contributed by atoms with Crippen LogP contribution in [0.2, 0.25) is 0 Å².